The van der Waals surface area contributed by atoms with Gasteiger partial charge < -0.3 is 4.74 Å². The van der Waals surface area contributed by atoms with Gasteiger partial charge in [0.2, 0.25) is 0 Å². The molecule has 0 saturated carbocycles. The zero-order valence-electron chi connectivity index (χ0n) is 11.0. The Bertz CT molecular complexity index is 535. The largest absolute Gasteiger partial charge is 0.469 e. The van der Waals surface area contributed by atoms with Crippen LogP contribution in [-0.4, -0.2) is 23.7 Å². The average Bonchev–Trinajstić information content (AvgIpc) is 2.61. The van der Waals surface area contributed by atoms with Crippen molar-refractivity contribution < 1.29 is 9.13 Å². The summed E-state index contributed by atoms with van der Waals surface area (Å²) >= 11 is 0. The topological polar surface area (TPSA) is 36.3 Å². The first-order valence-electron chi connectivity index (χ1n) is 6.76. The summed E-state index contributed by atoms with van der Waals surface area (Å²) in [5.41, 5.74) is -0.0265. The second-order valence-electron chi connectivity index (χ2n) is 5.50. The minimum atomic E-state index is -0.448. The van der Waals surface area contributed by atoms with Gasteiger partial charge in [0.1, 0.15) is 0 Å². The number of benzene rings is 1. The predicted molar refractivity (Wildman–Crippen MR) is 69.1 cm³/mol. The zero-order valence-corrected chi connectivity index (χ0v) is 11.0. The highest BCUT2D eigenvalue weighted by molar-refractivity contribution is 5.36. The second kappa shape index (κ2) is 4.50. The van der Waals surface area contributed by atoms with Gasteiger partial charge in [-0.2, -0.15) is 5.26 Å². The molecule has 2 saturated heterocycles. The van der Waals surface area contributed by atoms with Crippen LogP contribution in [0.5, 0.6) is 5.75 Å². The number of halogens is 1. The molecule has 0 amide bonds. The molecule has 1 aromatic carbocycles. The van der Waals surface area contributed by atoms with Crippen LogP contribution in [0.3, 0.4) is 0 Å². The summed E-state index contributed by atoms with van der Waals surface area (Å²) in [7, 11) is 2.07. The van der Waals surface area contributed by atoms with Gasteiger partial charge in [0.15, 0.2) is 17.3 Å². The Morgan fingerprint density at radius 2 is 2.26 bits per heavy atom. The summed E-state index contributed by atoms with van der Waals surface area (Å²) in [5.74, 6) is -0.191. The number of rotatable bonds is 2. The highest BCUT2D eigenvalue weighted by Crippen LogP contribution is 2.44. The minimum absolute atomic E-state index is 0.258. The molecular weight excluding hydrogens is 243 g/mol. The highest BCUT2D eigenvalue weighted by Gasteiger charge is 2.48. The van der Waals surface area contributed by atoms with E-state index in [2.05, 4.69) is 11.9 Å². The van der Waals surface area contributed by atoms with Crippen LogP contribution in [-0.2, 0) is 0 Å². The van der Waals surface area contributed by atoms with E-state index in [0.29, 0.717) is 11.6 Å². The Balaban J connectivity index is 1.87. The minimum Gasteiger partial charge on any atom is -0.469 e. The molecule has 0 spiro atoms. The fourth-order valence-electron chi connectivity index (χ4n) is 3.38. The summed E-state index contributed by atoms with van der Waals surface area (Å²) < 4.78 is 20.0. The van der Waals surface area contributed by atoms with Gasteiger partial charge in [-0.1, -0.05) is 0 Å². The SMILES string of the molecule is CN1C2CCCC1(Oc1ccc(C#N)cc1F)CC2. The Labute approximate surface area is 112 Å². The van der Waals surface area contributed by atoms with Crippen molar-refractivity contribution in [1.29, 1.82) is 5.26 Å². The molecule has 2 aliphatic rings. The van der Waals surface area contributed by atoms with Gasteiger partial charge >= 0.3 is 0 Å². The molecular formula is C15H17FN2O. The van der Waals surface area contributed by atoms with Crippen LogP contribution in [0.4, 0.5) is 4.39 Å². The van der Waals surface area contributed by atoms with Crippen LogP contribution in [0.25, 0.3) is 0 Å². The fourth-order valence-corrected chi connectivity index (χ4v) is 3.38. The van der Waals surface area contributed by atoms with Gasteiger partial charge in [-0.25, -0.2) is 4.39 Å². The molecule has 1 aromatic rings. The Hall–Kier alpha value is -1.60. The van der Waals surface area contributed by atoms with E-state index in [1.54, 1.807) is 12.1 Å². The van der Waals surface area contributed by atoms with Crippen LogP contribution < -0.4 is 4.74 Å². The third-order valence-electron chi connectivity index (χ3n) is 4.52. The fraction of sp³-hybridized carbons (Fsp3) is 0.533. The molecule has 0 aliphatic carbocycles. The first kappa shape index (κ1) is 12.4. The van der Waals surface area contributed by atoms with Crippen molar-refractivity contribution in [3.05, 3.63) is 29.6 Å². The van der Waals surface area contributed by atoms with E-state index in [1.165, 1.54) is 12.5 Å². The third kappa shape index (κ3) is 1.98. The first-order valence-corrected chi connectivity index (χ1v) is 6.76. The smallest absolute Gasteiger partial charge is 0.166 e. The maximum absolute atomic E-state index is 13.9. The molecule has 3 rings (SSSR count). The molecule has 0 N–H and O–H groups in total. The number of nitrogens with zero attached hydrogens (tertiary/aromatic N) is 2. The van der Waals surface area contributed by atoms with Crippen molar-refractivity contribution in [3.8, 4) is 11.8 Å². The van der Waals surface area contributed by atoms with E-state index < -0.39 is 5.82 Å². The predicted octanol–water partition coefficient (Wildman–Crippen LogP) is 3.05. The maximum atomic E-state index is 13.9. The summed E-state index contributed by atoms with van der Waals surface area (Å²) in [4.78, 5) is 2.26. The number of nitriles is 1. The molecule has 3 nitrogen and oxygen atoms in total. The summed E-state index contributed by atoms with van der Waals surface area (Å²) in [5, 5.41) is 8.75. The highest BCUT2D eigenvalue weighted by atomic mass is 19.1. The van der Waals surface area contributed by atoms with Gasteiger partial charge in [0.25, 0.3) is 0 Å². The normalized spacial score (nSPS) is 30.1. The lowest BCUT2D eigenvalue weighted by molar-refractivity contribution is -0.0842. The molecule has 4 heteroatoms. The number of hydrogen-bond donors (Lipinski definition) is 0. The van der Waals surface area contributed by atoms with Crippen molar-refractivity contribution >= 4 is 0 Å². The Kier molecular flexibility index (Phi) is 2.94. The molecule has 2 heterocycles. The lowest BCUT2D eigenvalue weighted by Gasteiger charge is -2.42. The van der Waals surface area contributed by atoms with Crippen molar-refractivity contribution in [3.63, 3.8) is 0 Å². The van der Waals surface area contributed by atoms with Crippen molar-refractivity contribution in [2.24, 2.45) is 0 Å². The Morgan fingerprint density at radius 1 is 1.42 bits per heavy atom. The van der Waals surface area contributed by atoms with Gasteiger partial charge in [0.05, 0.1) is 11.6 Å². The number of ether oxygens (including phenoxy) is 1. The lowest BCUT2D eigenvalue weighted by Crippen LogP contribution is -2.52. The quantitative estimate of drug-likeness (QED) is 0.820. The van der Waals surface area contributed by atoms with Crippen LogP contribution in [0.2, 0.25) is 0 Å². The molecule has 100 valence electrons. The number of fused-ring (bicyclic) bond motifs is 2. The number of piperidine rings is 1. The van der Waals surface area contributed by atoms with E-state index in [4.69, 9.17) is 10.00 Å². The van der Waals surface area contributed by atoms with E-state index in [9.17, 15) is 4.39 Å². The summed E-state index contributed by atoms with van der Waals surface area (Å²) in [6.45, 7) is 0. The molecule has 19 heavy (non-hydrogen) atoms. The first-order chi connectivity index (χ1) is 9.14. The van der Waals surface area contributed by atoms with Crippen molar-refractivity contribution in [1.82, 2.24) is 4.90 Å². The molecule has 2 unspecified atom stereocenters. The molecule has 2 fully saturated rings. The maximum Gasteiger partial charge on any atom is 0.166 e. The van der Waals surface area contributed by atoms with Gasteiger partial charge in [-0.3, -0.25) is 4.90 Å². The van der Waals surface area contributed by atoms with Crippen molar-refractivity contribution in [2.75, 3.05) is 7.05 Å². The monoisotopic (exact) mass is 260 g/mol. The van der Waals surface area contributed by atoms with Crippen LogP contribution in [0.1, 0.15) is 37.7 Å². The lowest BCUT2D eigenvalue weighted by atomic mass is 10.0. The molecule has 0 aromatic heterocycles. The summed E-state index contributed by atoms with van der Waals surface area (Å²) in [6, 6.07) is 6.90. The average molecular weight is 260 g/mol. The van der Waals surface area contributed by atoms with Crippen LogP contribution in [0.15, 0.2) is 18.2 Å². The van der Waals surface area contributed by atoms with E-state index in [-0.39, 0.29) is 11.5 Å². The zero-order chi connectivity index (χ0) is 13.5. The van der Waals surface area contributed by atoms with E-state index in [0.717, 1.165) is 25.7 Å². The molecule has 2 aliphatic heterocycles. The van der Waals surface area contributed by atoms with Gasteiger partial charge in [-0.15, -0.1) is 0 Å². The van der Waals surface area contributed by atoms with E-state index in [1.807, 2.05) is 6.07 Å². The molecule has 0 radical (unpaired) electrons. The van der Waals surface area contributed by atoms with Crippen LogP contribution >= 0.6 is 0 Å². The molecule has 2 bridgehead atoms. The summed E-state index contributed by atoms with van der Waals surface area (Å²) in [6.07, 6.45) is 5.35. The Morgan fingerprint density at radius 3 is 3.00 bits per heavy atom. The van der Waals surface area contributed by atoms with E-state index >= 15 is 0 Å². The third-order valence-corrected chi connectivity index (χ3v) is 4.52. The van der Waals surface area contributed by atoms with Crippen molar-refractivity contribution in [2.45, 2.75) is 43.9 Å². The number of hydrogen-bond acceptors (Lipinski definition) is 3. The van der Waals surface area contributed by atoms with Gasteiger partial charge in [-0.05, 0) is 44.5 Å². The van der Waals surface area contributed by atoms with Gasteiger partial charge in [0, 0.05) is 18.9 Å². The second-order valence-corrected chi connectivity index (χ2v) is 5.50. The standard InChI is InChI=1S/C15H17FN2O/c1-18-12-3-2-7-15(18,8-6-12)19-14-5-4-11(10-17)9-13(14)16/h4-5,9,12H,2-3,6-8H2,1H3. The van der Waals surface area contributed by atoms with Crippen LogP contribution in [0, 0.1) is 17.1 Å². The molecule has 2 atom stereocenters.